The van der Waals surface area contributed by atoms with Crippen LogP contribution in [0.25, 0.3) is 0 Å². The van der Waals surface area contributed by atoms with Crippen molar-refractivity contribution in [3.63, 3.8) is 0 Å². The Morgan fingerprint density at radius 3 is 2.35 bits per heavy atom. The molecule has 0 saturated heterocycles. The van der Waals surface area contributed by atoms with Crippen molar-refractivity contribution in [2.24, 2.45) is 5.92 Å². The third kappa shape index (κ3) is 20.0. The second kappa shape index (κ2) is 22.9. The number of rotatable bonds is 5. The van der Waals surface area contributed by atoms with Crippen LogP contribution in [0.4, 0.5) is 15.0 Å². The van der Waals surface area contributed by atoms with Crippen LogP contribution in [0.1, 0.15) is 39.0 Å². The predicted octanol–water partition coefficient (Wildman–Crippen LogP) is 6.67. The quantitative estimate of drug-likeness (QED) is 0.0732. The largest absolute Gasteiger partial charge is 0.550 e. The van der Waals surface area contributed by atoms with Gasteiger partial charge < -0.3 is 14.3 Å². The molecule has 1 aromatic rings. The summed E-state index contributed by atoms with van der Waals surface area (Å²) in [6, 6.07) is 4.52. The minimum atomic E-state index is -1.53. The minimum absolute atomic E-state index is 0.0433. The molecule has 1 aliphatic carbocycles. The van der Waals surface area contributed by atoms with E-state index >= 15 is 0 Å². The Labute approximate surface area is 198 Å². The molecule has 0 bridgehead atoms. The van der Waals surface area contributed by atoms with Gasteiger partial charge in [0.05, 0.1) is 11.5 Å². The lowest BCUT2D eigenvalue weighted by Gasteiger charge is -2.10. The van der Waals surface area contributed by atoms with Gasteiger partial charge in [-0.05, 0) is 64.9 Å². The molecule has 1 aliphatic rings. The van der Waals surface area contributed by atoms with Gasteiger partial charge in [0.1, 0.15) is 12.5 Å². The van der Waals surface area contributed by atoms with Gasteiger partial charge in [0.15, 0.2) is 0 Å². The highest BCUT2D eigenvalue weighted by Gasteiger charge is 2.08. The maximum Gasteiger partial charge on any atom is 0.550 e. The van der Waals surface area contributed by atoms with Crippen LogP contribution in [-0.4, -0.2) is 37.3 Å². The molecule has 1 atom stereocenters. The number of non-ortho nitro benzene ring substituents is 1. The number of nitro groups is 1. The number of carbonyl (C=O) groups is 2. The van der Waals surface area contributed by atoms with Gasteiger partial charge in [-0.3, -0.25) is 10.1 Å². The van der Waals surface area contributed by atoms with Crippen molar-refractivity contribution in [1.29, 1.82) is 0 Å². The Hall–Kier alpha value is -1.73. The number of nitro benzene ring substituents is 1. The molecule has 1 aromatic carbocycles. The zero-order valence-electron chi connectivity index (χ0n) is 17.7. The number of halogens is 2. The molecule has 0 N–H and O–H groups in total. The molecule has 0 aromatic heterocycles. The van der Waals surface area contributed by atoms with Crippen molar-refractivity contribution >= 4 is 48.8 Å². The SMILES string of the molecule is C=O.CC1CC/C=C/CCC1.COCCSI.O=C(OF)Oc1ccc([N+](=O)[O-])cc1. The van der Waals surface area contributed by atoms with Gasteiger partial charge in [0.25, 0.3) is 5.69 Å². The van der Waals surface area contributed by atoms with Crippen molar-refractivity contribution in [1.82, 2.24) is 0 Å². The summed E-state index contributed by atoms with van der Waals surface area (Å²) in [5.41, 5.74) is -0.161. The Kier molecular flexibility index (Phi) is 23.3. The number of hydrogen-bond acceptors (Lipinski definition) is 8. The maximum atomic E-state index is 11.2. The van der Waals surface area contributed by atoms with Crippen molar-refractivity contribution in [3.8, 4) is 5.75 Å². The van der Waals surface area contributed by atoms with E-state index in [1.807, 2.05) is 6.79 Å². The number of allylic oxidation sites excluding steroid dienone is 2. The van der Waals surface area contributed by atoms with E-state index in [4.69, 9.17) is 9.53 Å². The molecule has 2 rings (SSSR count). The van der Waals surface area contributed by atoms with Crippen molar-refractivity contribution in [2.45, 2.75) is 39.0 Å². The number of hydrogen-bond donors (Lipinski definition) is 0. The maximum absolute atomic E-state index is 11.2. The van der Waals surface area contributed by atoms with Crippen LogP contribution >= 0.6 is 30.1 Å². The molecule has 0 amide bonds. The van der Waals surface area contributed by atoms with Gasteiger partial charge in [-0.1, -0.05) is 34.4 Å². The highest BCUT2D eigenvalue weighted by Crippen LogP contribution is 2.18. The van der Waals surface area contributed by atoms with Crippen LogP contribution in [0.15, 0.2) is 36.4 Å². The topological polar surface area (TPSA) is 105 Å². The van der Waals surface area contributed by atoms with Crippen LogP contribution in [0.5, 0.6) is 5.75 Å². The molecular weight excluding hydrogens is 544 g/mol. The van der Waals surface area contributed by atoms with Gasteiger partial charge in [-0.2, -0.15) is 4.79 Å². The van der Waals surface area contributed by atoms with Crippen molar-refractivity contribution < 1.29 is 33.5 Å². The van der Waals surface area contributed by atoms with Crippen LogP contribution in [0, 0.1) is 16.0 Å². The summed E-state index contributed by atoms with van der Waals surface area (Å²) >= 11 is 2.25. The average molecular weight is 573 g/mol. The Balaban J connectivity index is 0. The lowest BCUT2D eigenvalue weighted by atomic mass is 9.96. The molecule has 0 heterocycles. The predicted molar refractivity (Wildman–Crippen MR) is 128 cm³/mol. The van der Waals surface area contributed by atoms with E-state index in [1.54, 1.807) is 16.0 Å². The molecule has 0 aliphatic heterocycles. The van der Waals surface area contributed by atoms with Gasteiger partial charge >= 0.3 is 6.16 Å². The number of benzene rings is 1. The second-order valence-electron chi connectivity index (χ2n) is 6.07. The van der Waals surface area contributed by atoms with E-state index in [9.17, 15) is 19.4 Å². The first-order chi connectivity index (χ1) is 14.9. The lowest BCUT2D eigenvalue weighted by molar-refractivity contribution is -0.384. The molecule has 176 valence electrons. The molecule has 1 unspecified atom stereocenters. The third-order valence-electron chi connectivity index (χ3n) is 3.74. The molecule has 8 nitrogen and oxygen atoms in total. The van der Waals surface area contributed by atoms with Crippen LogP contribution in [0.2, 0.25) is 0 Å². The highest BCUT2D eigenvalue weighted by atomic mass is 127. The first-order valence-corrected chi connectivity index (χ1v) is 12.9. The van der Waals surface area contributed by atoms with Gasteiger partial charge in [-0.25, -0.2) is 4.94 Å². The van der Waals surface area contributed by atoms with E-state index in [0.717, 1.165) is 42.5 Å². The van der Waals surface area contributed by atoms with E-state index in [1.165, 1.54) is 32.1 Å². The first-order valence-electron chi connectivity index (χ1n) is 9.35. The molecule has 0 spiro atoms. The summed E-state index contributed by atoms with van der Waals surface area (Å²) in [5.74, 6) is 2.02. The zero-order chi connectivity index (χ0) is 23.9. The van der Waals surface area contributed by atoms with E-state index in [-0.39, 0.29) is 11.4 Å². The van der Waals surface area contributed by atoms with E-state index < -0.39 is 11.1 Å². The molecule has 0 saturated carbocycles. The Morgan fingerprint density at radius 2 is 1.87 bits per heavy atom. The fourth-order valence-corrected chi connectivity index (χ4v) is 2.98. The van der Waals surface area contributed by atoms with E-state index in [0.29, 0.717) is 0 Å². The summed E-state index contributed by atoms with van der Waals surface area (Å²) in [5, 5.41) is 10.2. The Morgan fingerprint density at radius 1 is 1.26 bits per heavy atom. The highest BCUT2D eigenvalue weighted by molar-refractivity contribution is 14.2. The van der Waals surface area contributed by atoms with Crippen molar-refractivity contribution in [2.75, 3.05) is 19.5 Å². The summed E-state index contributed by atoms with van der Waals surface area (Å²) in [6.45, 7) is 5.23. The molecule has 31 heavy (non-hydrogen) atoms. The van der Waals surface area contributed by atoms with E-state index in [2.05, 4.69) is 50.0 Å². The Bertz CT molecular complexity index is 616. The summed E-state index contributed by atoms with van der Waals surface area (Å²) in [6.07, 6.45) is 9.98. The third-order valence-corrected chi connectivity index (χ3v) is 5.38. The van der Waals surface area contributed by atoms with Crippen LogP contribution < -0.4 is 4.74 Å². The first kappa shape index (κ1) is 31.5. The molecular formula is C20H29FINO7S. The number of methoxy groups -OCH3 is 1. The zero-order valence-corrected chi connectivity index (χ0v) is 20.6. The summed E-state index contributed by atoms with van der Waals surface area (Å²) in [4.78, 5) is 30.6. The average Bonchev–Trinajstić information content (AvgIpc) is 2.77. The number of ether oxygens (including phenoxy) is 2. The lowest BCUT2D eigenvalue weighted by Crippen LogP contribution is -2.04. The van der Waals surface area contributed by atoms with Gasteiger partial charge in [0.2, 0.25) is 0 Å². The smallest absolute Gasteiger partial charge is 0.393 e. The monoisotopic (exact) mass is 573 g/mol. The second-order valence-corrected chi connectivity index (χ2v) is 8.57. The van der Waals surface area contributed by atoms with Gasteiger partial charge in [0, 0.05) is 29.5 Å². The van der Waals surface area contributed by atoms with Gasteiger partial charge in [-0.15, -0.1) is 0 Å². The molecule has 0 radical (unpaired) electrons. The standard InChI is InChI=1S/C9H16.C7H4FNO5.C3H7IOS.CH2O/c1-9-7-5-3-2-4-6-8-9;8-14-7(10)13-6-3-1-5(2-4-6)9(11)12;1-5-2-3-6-4;1-2/h2-3,9H,4-8H2,1H3;1-4H;2-3H2,1H3;1H2/b3-2+;;;. The fraction of sp³-hybridized carbons (Fsp3) is 0.500. The molecule has 0 fully saturated rings. The minimum Gasteiger partial charge on any atom is -0.393 e. The summed E-state index contributed by atoms with van der Waals surface area (Å²) < 4.78 is 20.2. The molecule has 11 heteroatoms. The van der Waals surface area contributed by atoms with Crippen LogP contribution in [-0.2, 0) is 14.5 Å². The number of carbonyl (C=O) groups excluding carboxylic acids is 2. The summed E-state index contributed by atoms with van der Waals surface area (Å²) in [7, 11) is 3.49. The normalized spacial score (nSPS) is 15.5. The fourth-order valence-electron chi connectivity index (χ4n) is 2.21. The van der Waals surface area contributed by atoms with Crippen molar-refractivity contribution in [3.05, 3.63) is 46.5 Å². The number of nitrogens with zero attached hydrogens (tertiary/aromatic N) is 1. The van der Waals surface area contributed by atoms with Crippen LogP contribution in [0.3, 0.4) is 0 Å².